The van der Waals surface area contributed by atoms with E-state index in [9.17, 15) is 4.39 Å². The van der Waals surface area contributed by atoms with Crippen LogP contribution in [0.3, 0.4) is 0 Å². The predicted octanol–water partition coefficient (Wildman–Crippen LogP) is 4.24. The summed E-state index contributed by atoms with van der Waals surface area (Å²) in [5.74, 6) is -0.000183. The first kappa shape index (κ1) is 14.1. The lowest BCUT2D eigenvalue weighted by molar-refractivity contribution is 0.580. The Hall–Kier alpha value is -1.33. The summed E-state index contributed by atoms with van der Waals surface area (Å²) in [6.45, 7) is 2.80. The molecule has 0 aliphatic rings. The number of hydrogen-bond donors (Lipinski definition) is 1. The Labute approximate surface area is 120 Å². The summed E-state index contributed by atoms with van der Waals surface area (Å²) in [4.78, 5) is 8.90. The van der Waals surface area contributed by atoms with E-state index in [1.54, 1.807) is 12.1 Å². The molecule has 0 amide bonds. The van der Waals surface area contributed by atoms with Crippen LogP contribution in [0.4, 0.5) is 10.3 Å². The molecule has 0 radical (unpaired) electrons. The molecule has 2 aromatic rings. The van der Waals surface area contributed by atoms with E-state index in [0.29, 0.717) is 11.0 Å². The minimum Gasteiger partial charge on any atom is -0.354 e. The maximum atomic E-state index is 13.7. The van der Waals surface area contributed by atoms with Crippen molar-refractivity contribution in [2.75, 3.05) is 11.9 Å². The number of aromatic nitrogens is 2. The van der Waals surface area contributed by atoms with Crippen LogP contribution >= 0.6 is 23.4 Å². The van der Waals surface area contributed by atoms with Gasteiger partial charge in [0.2, 0.25) is 5.95 Å². The van der Waals surface area contributed by atoms with Crippen LogP contribution in [0.5, 0.6) is 0 Å². The predicted molar refractivity (Wildman–Crippen MR) is 76.3 cm³/mol. The molecular weight excluding hydrogens is 285 g/mol. The van der Waals surface area contributed by atoms with Crippen LogP contribution in [0.15, 0.2) is 40.4 Å². The number of nitrogens with zero attached hydrogens (tertiary/aromatic N) is 2. The first-order valence-corrected chi connectivity index (χ1v) is 7.08. The van der Waals surface area contributed by atoms with Crippen molar-refractivity contribution >= 4 is 29.3 Å². The Morgan fingerprint density at radius 1 is 1.42 bits per heavy atom. The van der Waals surface area contributed by atoms with E-state index in [0.717, 1.165) is 17.9 Å². The highest BCUT2D eigenvalue weighted by Gasteiger charge is 2.09. The minimum absolute atomic E-state index is 0.288. The summed E-state index contributed by atoms with van der Waals surface area (Å²) >= 11 is 7.12. The highest BCUT2D eigenvalue weighted by molar-refractivity contribution is 7.99. The molecule has 0 unspecified atom stereocenters. The largest absolute Gasteiger partial charge is 0.354 e. The molecule has 100 valence electrons. The fourth-order valence-electron chi connectivity index (χ4n) is 1.39. The molecule has 0 bridgehead atoms. The molecular formula is C13H13ClFN3S. The number of halogens is 2. The molecule has 1 N–H and O–H groups in total. The summed E-state index contributed by atoms with van der Waals surface area (Å²) in [5.41, 5.74) is 0. The Kier molecular flexibility index (Phi) is 4.99. The van der Waals surface area contributed by atoms with Gasteiger partial charge in [0.25, 0.3) is 0 Å². The second-order valence-electron chi connectivity index (χ2n) is 3.83. The van der Waals surface area contributed by atoms with Gasteiger partial charge in [0.15, 0.2) is 5.82 Å². The van der Waals surface area contributed by atoms with Crippen molar-refractivity contribution in [2.45, 2.75) is 23.3 Å². The molecule has 0 spiro atoms. The fourth-order valence-corrected chi connectivity index (χ4v) is 2.48. The highest BCUT2D eigenvalue weighted by atomic mass is 35.5. The Bertz CT molecular complexity index is 565. The van der Waals surface area contributed by atoms with Gasteiger partial charge < -0.3 is 5.32 Å². The second kappa shape index (κ2) is 6.73. The molecule has 0 aliphatic heterocycles. The van der Waals surface area contributed by atoms with Gasteiger partial charge in [-0.3, -0.25) is 0 Å². The Balaban J connectivity index is 2.19. The molecule has 1 aromatic carbocycles. The van der Waals surface area contributed by atoms with Gasteiger partial charge in [-0.15, -0.1) is 0 Å². The molecule has 6 heteroatoms. The van der Waals surface area contributed by atoms with Crippen LogP contribution in [0, 0.1) is 5.82 Å². The van der Waals surface area contributed by atoms with Gasteiger partial charge in [-0.25, -0.2) is 14.4 Å². The van der Waals surface area contributed by atoms with Crippen LogP contribution in [-0.2, 0) is 0 Å². The van der Waals surface area contributed by atoms with E-state index in [1.807, 2.05) is 19.1 Å². The van der Waals surface area contributed by atoms with Gasteiger partial charge in [-0.1, -0.05) is 36.4 Å². The van der Waals surface area contributed by atoms with Crippen molar-refractivity contribution in [3.63, 3.8) is 0 Å². The lowest BCUT2D eigenvalue weighted by Gasteiger charge is -2.06. The van der Waals surface area contributed by atoms with Crippen LogP contribution in [0.25, 0.3) is 0 Å². The van der Waals surface area contributed by atoms with Gasteiger partial charge in [0.05, 0.1) is 6.20 Å². The third-order valence-electron chi connectivity index (χ3n) is 2.26. The number of rotatable bonds is 5. The van der Waals surface area contributed by atoms with Crippen LogP contribution < -0.4 is 5.32 Å². The number of anilines is 1. The molecule has 1 heterocycles. The maximum Gasteiger partial charge on any atom is 0.223 e. The minimum atomic E-state index is -0.438. The van der Waals surface area contributed by atoms with Crippen molar-refractivity contribution < 1.29 is 4.39 Å². The van der Waals surface area contributed by atoms with E-state index in [2.05, 4.69) is 15.3 Å². The number of hydrogen-bond acceptors (Lipinski definition) is 4. The lowest BCUT2D eigenvalue weighted by atomic mass is 10.4. The molecule has 0 saturated carbocycles. The zero-order valence-corrected chi connectivity index (χ0v) is 11.9. The topological polar surface area (TPSA) is 37.8 Å². The molecule has 0 atom stereocenters. The zero-order chi connectivity index (χ0) is 13.7. The average molecular weight is 298 g/mol. The molecule has 2 rings (SSSR count). The maximum absolute atomic E-state index is 13.7. The van der Waals surface area contributed by atoms with E-state index in [-0.39, 0.29) is 5.03 Å². The van der Waals surface area contributed by atoms with Gasteiger partial charge >= 0.3 is 0 Å². The first-order chi connectivity index (χ1) is 9.19. The first-order valence-electron chi connectivity index (χ1n) is 5.89. The van der Waals surface area contributed by atoms with Gasteiger partial charge in [-0.2, -0.15) is 0 Å². The average Bonchev–Trinajstić information content (AvgIpc) is 2.40. The van der Waals surface area contributed by atoms with Gasteiger partial charge in [0.1, 0.15) is 5.03 Å². The lowest BCUT2D eigenvalue weighted by Crippen LogP contribution is -2.05. The number of nitrogens with one attached hydrogen (secondary N) is 1. The van der Waals surface area contributed by atoms with Gasteiger partial charge in [0, 0.05) is 16.5 Å². The summed E-state index contributed by atoms with van der Waals surface area (Å²) in [6, 6.07) is 7.22. The third kappa shape index (κ3) is 4.08. The number of benzene rings is 1. The molecule has 0 aliphatic carbocycles. The summed E-state index contributed by atoms with van der Waals surface area (Å²) in [7, 11) is 0. The summed E-state index contributed by atoms with van der Waals surface area (Å²) in [5, 5.41) is 3.93. The molecule has 19 heavy (non-hydrogen) atoms. The quantitative estimate of drug-likeness (QED) is 0.838. The van der Waals surface area contributed by atoms with Crippen molar-refractivity contribution in [2.24, 2.45) is 0 Å². The monoisotopic (exact) mass is 297 g/mol. The van der Waals surface area contributed by atoms with Crippen molar-refractivity contribution in [1.82, 2.24) is 9.97 Å². The standard InChI is InChI=1S/C13H13ClFN3S/c1-2-6-16-13-17-8-11(15)12(18-13)19-10-5-3-4-9(14)7-10/h3-5,7-8H,2,6H2,1H3,(H,16,17,18). The Morgan fingerprint density at radius 3 is 3.00 bits per heavy atom. The fraction of sp³-hybridized carbons (Fsp3) is 0.231. The second-order valence-corrected chi connectivity index (χ2v) is 5.33. The summed E-state index contributed by atoms with van der Waals surface area (Å²) in [6.07, 6.45) is 2.13. The van der Waals surface area contributed by atoms with Crippen molar-refractivity contribution in [3.8, 4) is 0 Å². The SMILES string of the molecule is CCCNc1ncc(F)c(Sc2cccc(Cl)c2)n1. The third-order valence-corrected chi connectivity index (χ3v) is 3.46. The van der Waals surface area contributed by atoms with E-state index in [1.165, 1.54) is 18.0 Å². The van der Waals surface area contributed by atoms with Crippen molar-refractivity contribution in [3.05, 3.63) is 41.3 Å². The van der Waals surface area contributed by atoms with Crippen LogP contribution in [-0.4, -0.2) is 16.5 Å². The normalized spacial score (nSPS) is 10.5. The van der Waals surface area contributed by atoms with E-state index in [4.69, 9.17) is 11.6 Å². The Morgan fingerprint density at radius 2 is 2.26 bits per heavy atom. The summed E-state index contributed by atoms with van der Waals surface area (Å²) < 4.78 is 13.7. The van der Waals surface area contributed by atoms with E-state index >= 15 is 0 Å². The van der Waals surface area contributed by atoms with Gasteiger partial charge in [-0.05, 0) is 24.6 Å². The highest BCUT2D eigenvalue weighted by Crippen LogP contribution is 2.29. The zero-order valence-electron chi connectivity index (χ0n) is 10.4. The molecule has 0 saturated heterocycles. The molecule has 1 aromatic heterocycles. The molecule has 3 nitrogen and oxygen atoms in total. The van der Waals surface area contributed by atoms with Crippen LogP contribution in [0.1, 0.15) is 13.3 Å². The smallest absolute Gasteiger partial charge is 0.223 e. The van der Waals surface area contributed by atoms with Crippen LogP contribution in [0.2, 0.25) is 5.02 Å². The molecule has 0 fully saturated rings. The van der Waals surface area contributed by atoms with Crippen molar-refractivity contribution in [1.29, 1.82) is 0 Å². The van der Waals surface area contributed by atoms with E-state index < -0.39 is 5.82 Å².